The molecule has 6 heteroatoms. The summed E-state index contributed by atoms with van der Waals surface area (Å²) in [6.45, 7) is 8.48. The minimum absolute atomic E-state index is 0.0857. The first-order valence-corrected chi connectivity index (χ1v) is 13.0. The summed E-state index contributed by atoms with van der Waals surface area (Å²) in [5.41, 5.74) is 1.73. The van der Waals surface area contributed by atoms with Gasteiger partial charge in [0.15, 0.2) is 0 Å². The molecular weight excluding hydrogens is 465 g/mol. The van der Waals surface area contributed by atoms with Crippen molar-refractivity contribution in [3.63, 3.8) is 0 Å². The summed E-state index contributed by atoms with van der Waals surface area (Å²) in [7, 11) is 0. The molecule has 4 nitrogen and oxygen atoms in total. The number of aromatic nitrogens is 1. The van der Waals surface area contributed by atoms with E-state index in [9.17, 15) is 4.79 Å². The molecule has 34 heavy (non-hydrogen) atoms. The largest absolute Gasteiger partial charge is 0.337 e. The first-order chi connectivity index (χ1) is 16.4. The van der Waals surface area contributed by atoms with E-state index in [1.165, 1.54) is 25.9 Å². The van der Waals surface area contributed by atoms with Gasteiger partial charge in [-0.2, -0.15) is 0 Å². The fraction of sp³-hybridized carbons (Fsp3) is 0.429. The molecule has 2 aliphatic heterocycles. The van der Waals surface area contributed by atoms with E-state index in [4.69, 9.17) is 23.2 Å². The van der Waals surface area contributed by atoms with Crippen molar-refractivity contribution >= 4 is 39.9 Å². The molecule has 3 heterocycles. The molecule has 0 radical (unpaired) electrons. The van der Waals surface area contributed by atoms with E-state index in [0.29, 0.717) is 21.8 Å². The molecule has 2 aromatic carbocycles. The highest BCUT2D eigenvalue weighted by atomic mass is 35.5. The number of benzene rings is 2. The monoisotopic (exact) mass is 497 g/mol. The van der Waals surface area contributed by atoms with Crippen molar-refractivity contribution in [2.75, 3.05) is 26.2 Å². The average molecular weight is 498 g/mol. The third kappa shape index (κ3) is 6.10. The Labute approximate surface area is 212 Å². The highest BCUT2D eigenvalue weighted by Crippen LogP contribution is 2.25. The Morgan fingerprint density at radius 3 is 2.29 bits per heavy atom. The Balaban J connectivity index is 0.000000257. The molecule has 1 amide bonds. The van der Waals surface area contributed by atoms with Crippen LogP contribution in [-0.4, -0.2) is 52.9 Å². The van der Waals surface area contributed by atoms with Crippen LogP contribution in [0.4, 0.5) is 0 Å². The SMILES string of the molecule is CC1CCN(C2CCN(C(=O)c3nccc4ccccc34)CC2)CC1.Cc1ccc(Cl)c(Cl)c1. The van der Waals surface area contributed by atoms with Gasteiger partial charge in [-0.25, -0.2) is 0 Å². The number of carbonyl (C=O) groups is 1. The Kier molecular flexibility index (Phi) is 8.46. The Bertz CT molecular complexity index is 1110. The van der Waals surface area contributed by atoms with Crippen molar-refractivity contribution in [3.8, 4) is 0 Å². The molecule has 2 fully saturated rings. The minimum atomic E-state index is 0.0857. The van der Waals surface area contributed by atoms with Crippen LogP contribution in [-0.2, 0) is 0 Å². The van der Waals surface area contributed by atoms with E-state index in [0.717, 1.165) is 48.2 Å². The van der Waals surface area contributed by atoms with E-state index in [1.807, 2.05) is 54.3 Å². The summed E-state index contributed by atoms with van der Waals surface area (Å²) in [6.07, 6.45) is 6.56. The first kappa shape index (κ1) is 25.0. The highest BCUT2D eigenvalue weighted by Gasteiger charge is 2.29. The molecule has 0 aliphatic carbocycles. The number of aryl methyl sites for hydroxylation is 1. The second-order valence-electron chi connectivity index (χ2n) is 9.54. The Hall–Kier alpha value is -2.14. The molecule has 180 valence electrons. The second kappa shape index (κ2) is 11.5. The van der Waals surface area contributed by atoms with Gasteiger partial charge in [0.25, 0.3) is 5.91 Å². The summed E-state index contributed by atoms with van der Waals surface area (Å²) in [5.74, 6) is 0.956. The maximum absolute atomic E-state index is 13.0. The fourth-order valence-corrected chi connectivity index (χ4v) is 5.22. The zero-order valence-corrected chi connectivity index (χ0v) is 21.5. The maximum Gasteiger partial charge on any atom is 0.273 e. The van der Waals surface area contributed by atoms with E-state index in [2.05, 4.69) is 16.8 Å². The summed E-state index contributed by atoms with van der Waals surface area (Å²) < 4.78 is 0. The average Bonchev–Trinajstić information content (AvgIpc) is 2.87. The number of amides is 1. The predicted octanol–water partition coefficient (Wildman–Crippen LogP) is 6.87. The van der Waals surface area contributed by atoms with Gasteiger partial charge in [-0.15, -0.1) is 0 Å². The van der Waals surface area contributed by atoms with Gasteiger partial charge in [-0.05, 0) is 80.8 Å². The number of hydrogen-bond donors (Lipinski definition) is 0. The predicted molar refractivity (Wildman–Crippen MR) is 142 cm³/mol. The lowest BCUT2D eigenvalue weighted by molar-refractivity contribution is 0.0557. The van der Waals surface area contributed by atoms with Crippen molar-refractivity contribution in [1.29, 1.82) is 0 Å². The molecular formula is C28H33Cl2N3O. The van der Waals surface area contributed by atoms with Gasteiger partial charge >= 0.3 is 0 Å². The van der Waals surface area contributed by atoms with Gasteiger partial charge < -0.3 is 9.80 Å². The third-order valence-corrected chi connectivity index (χ3v) is 7.78. The van der Waals surface area contributed by atoms with Gasteiger partial charge in [-0.3, -0.25) is 9.78 Å². The highest BCUT2D eigenvalue weighted by molar-refractivity contribution is 6.42. The molecule has 3 aromatic rings. The zero-order valence-electron chi connectivity index (χ0n) is 20.0. The van der Waals surface area contributed by atoms with Crippen LogP contribution in [0.2, 0.25) is 10.0 Å². The van der Waals surface area contributed by atoms with Crippen LogP contribution in [0.5, 0.6) is 0 Å². The van der Waals surface area contributed by atoms with Crippen LogP contribution >= 0.6 is 23.2 Å². The number of rotatable bonds is 2. The third-order valence-electron chi connectivity index (χ3n) is 7.04. The molecule has 0 saturated carbocycles. The smallest absolute Gasteiger partial charge is 0.273 e. The molecule has 0 atom stereocenters. The van der Waals surface area contributed by atoms with Crippen LogP contribution in [0.3, 0.4) is 0 Å². The van der Waals surface area contributed by atoms with Crippen LogP contribution in [0.1, 0.15) is 48.7 Å². The van der Waals surface area contributed by atoms with E-state index in [1.54, 1.807) is 12.3 Å². The fourth-order valence-electron chi connectivity index (χ4n) is 4.87. The summed E-state index contributed by atoms with van der Waals surface area (Å²) in [5, 5.41) is 3.28. The molecule has 5 rings (SSSR count). The molecule has 0 N–H and O–H groups in total. The van der Waals surface area contributed by atoms with Crippen molar-refractivity contribution in [1.82, 2.24) is 14.8 Å². The van der Waals surface area contributed by atoms with Gasteiger partial charge in [0.2, 0.25) is 0 Å². The summed E-state index contributed by atoms with van der Waals surface area (Å²) in [6, 6.07) is 16.2. The van der Waals surface area contributed by atoms with Crippen molar-refractivity contribution in [2.24, 2.45) is 5.92 Å². The van der Waals surface area contributed by atoms with E-state index in [-0.39, 0.29) is 5.91 Å². The normalized spacial score (nSPS) is 17.9. The van der Waals surface area contributed by atoms with Gasteiger partial charge in [0, 0.05) is 30.7 Å². The Morgan fingerprint density at radius 2 is 1.62 bits per heavy atom. The van der Waals surface area contributed by atoms with Gasteiger partial charge in [-0.1, -0.05) is 60.5 Å². The number of halogens is 2. The first-order valence-electron chi connectivity index (χ1n) is 12.2. The lowest BCUT2D eigenvalue weighted by Crippen LogP contribution is -2.49. The number of nitrogens with zero attached hydrogens (tertiary/aromatic N) is 3. The summed E-state index contributed by atoms with van der Waals surface area (Å²) in [4.78, 5) is 22.0. The number of hydrogen-bond acceptors (Lipinski definition) is 3. The summed E-state index contributed by atoms with van der Waals surface area (Å²) >= 11 is 11.3. The molecule has 1 aromatic heterocycles. The van der Waals surface area contributed by atoms with E-state index >= 15 is 0 Å². The van der Waals surface area contributed by atoms with E-state index < -0.39 is 0 Å². The topological polar surface area (TPSA) is 36.4 Å². The molecule has 0 unspecified atom stereocenters. The number of piperidine rings is 2. The zero-order chi connectivity index (χ0) is 24.1. The van der Waals surface area contributed by atoms with Crippen LogP contribution in [0.25, 0.3) is 10.8 Å². The maximum atomic E-state index is 13.0. The standard InChI is InChI=1S/C21H27N3O.C7H6Cl2/c1-16-7-12-23(13-8-16)18-9-14-24(15-10-18)21(25)20-19-5-3-2-4-17(19)6-11-22-20;1-5-2-3-6(8)7(9)4-5/h2-6,11,16,18H,7-10,12-15H2,1H3;2-4H,1H3. The lowest BCUT2D eigenvalue weighted by atomic mass is 9.95. The number of carbonyl (C=O) groups excluding carboxylic acids is 1. The van der Waals surface area contributed by atoms with Gasteiger partial charge in [0.05, 0.1) is 10.0 Å². The van der Waals surface area contributed by atoms with Crippen LogP contribution in [0, 0.1) is 12.8 Å². The lowest BCUT2D eigenvalue weighted by Gasteiger charge is -2.41. The second-order valence-corrected chi connectivity index (χ2v) is 10.4. The van der Waals surface area contributed by atoms with Crippen molar-refractivity contribution < 1.29 is 4.79 Å². The molecule has 2 aliphatic rings. The quantitative estimate of drug-likeness (QED) is 0.387. The Morgan fingerprint density at radius 1 is 0.912 bits per heavy atom. The van der Waals surface area contributed by atoms with Gasteiger partial charge in [0.1, 0.15) is 5.69 Å². The molecule has 0 bridgehead atoms. The molecule has 2 saturated heterocycles. The van der Waals surface area contributed by atoms with Crippen LogP contribution < -0.4 is 0 Å². The van der Waals surface area contributed by atoms with Crippen molar-refractivity contribution in [3.05, 3.63) is 76.0 Å². The van der Waals surface area contributed by atoms with Crippen LogP contribution in [0.15, 0.2) is 54.7 Å². The number of fused-ring (bicyclic) bond motifs is 1. The number of pyridine rings is 1. The molecule has 0 spiro atoms. The number of likely N-dealkylation sites (tertiary alicyclic amines) is 2. The minimum Gasteiger partial charge on any atom is -0.337 e. The van der Waals surface area contributed by atoms with Crippen molar-refractivity contribution in [2.45, 2.75) is 45.6 Å².